The Balaban J connectivity index is 2.69. The minimum atomic E-state index is -1.41. The van der Waals surface area contributed by atoms with Crippen LogP contribution in [0.1, 0.15) is 0 Å². The summed E-state index contributed by atoms with van der Waals surface area (Å²) < 4.78 is -1.41. The first kappa shape index (κ1) is 7.16. The molecule has 8 heavy (non-hydrogen) atoms. The lowest BCUT2D eigenvalue weighted by atomic mass is 30.0. The molecule has 2 aliphatic heterocycles. The van der Waals surface area contributed by atoms with Crippen molar-refractivity contribution in [3.8, 4) is 0 Å². The summed E-state index contributed by atoms with van der Waals surface area (Å²) in [6.45, 7) is 0. The van der Waals surface area contributed by atoms with E-state index in [-0.39, 0.29) is 12.6 Å². The predicted octanol–water partition coefficient (Wildman–Crippen LogP) is 2.15. The fourth-order valence-corrected chi connectivity index (χ4v) is 63.4. The number of hydrogen-bond acceptors (Lipinski definition) is 6. The van der Waals surface area contributed by atoms with Gasteiger partial charge in [0.25, 0.3) is 0 Å². The molecule has 0 aromatic rings. The smallest absolute Gasteiger partial charge is 0.0802 e. The molecule has 2 aliphatic rings. The second-order valence-electron chi connectivity index (χ2n) is 1.28. The van der Waals surface area contributed by atoms with Gasteiger partial charge in [0.15, 0.2) is 0 Å². The van der Waals surface area contributed by atoms with Gasteiger partial charge in [0, 0.05) is 0 Å². The maximum Gasteiger partial charge on any atom is 0.0802 e. The Kier molecular flexibility index (Phi) is 1.46. The molecule has 0 aromatic heterocycles. The van der Waals surface area contributed by atoms with Gasteiger partial charge in [-0.2, -0.15) is 0 Å². The summed E-state index contributed by atoms with van der Waals surface area (Å²) in [7, 11) is 3.60. The minimum absolute atomic E-state index is 0.151. The molecule has 0 aromatic carbocycles. The van der Waals surface area contributed by atoms with Gasteiger partial charge in [-0.05, 0) is 0 Å². The van der Waals surface area contributed by atoms with E-state index in [9.17, 15) is 0 Å². The van der Waals surface area contributed by atoms with E-state index in [2.05, 4.69) is 0 Å². The molecular formula is PS7-. The third-order valence-corrected chi connectivity index (χ3v) is 57.0. The van der Waals surface area contributed by atoms with Crippen LogP contribution in [0.5, 0.6) is 0 Å². The fraction of sp³-hybridized carbons (Fsp3) is 0. The minimum Gasteiger partial charge on any atom is -0.278 e. The van der Waals surface area contributed by atoms with Gasteiger partial charge in [0.05, 0.1) is 5.53 Å². The predicted molar refractivity (Wildman–Crippen MR) is 58.9 cm³/mol. The normalized spacial score (nSPS) is 48.6. The summed E-state index contributed by atoms with van der Waals surface area (Å²) in [6, 6.07) is 0. The molecule has 0 nitrogen and oxygen atoms in total. The second-order valence-corrected chi connectivity index (χ2v) is 34.6. The van der Waals surface area contributed by atoms with Crippen LogP contribution in [0, 0.1) is 0 Å². The number of fused-ring (bicyclic) bond motifs is 1. The lowest BCUT2D eigenvalue weighted by molar-refractivity contribution is 5.45. The van der Waals surface area contributed by atoms with E-state index < -0.39 is 4.44 Å². The summed E-state index contributed by atoms with van der Waals surface area (Å²) >= 11 is 15.4. The topological polar surface area (TPSA) is 0 Å². The Labute approximate surface area is 70.5 Å². The van der Waals surface area contributed by atoms with Crippen LogP contribution in [0.2, 0.25) is 0 Å². The Morgan fingerprint density at radius 2 is 1.75 bits per heavy atom. The van der Waals surface area contributed by atoms with Gasteiger partial charge in [-0.15, -0.1) is 4.44 Å². The molecule has 0 amide bonds. The van der Waals surface area contributed by atoms with E-state index in [1.54, 1.807) is 0 Å². The molecular weight excluding hydrogens is 255 g/mol. The van der Waals surface area contributed by atoms with Crippen LogP contribution in [0.4, 0.5) is 0 Å². The largest absolute Gasteiger partial charge is 0.278 e. The van der Waals surface area contributed by atoms with E-state index in [4.69, 9.17) is 33.6 Å². The quantitative estimate of drug-likeness (QED) is 0.304. The molecule has 0 spiro atoms. The van der Waals surface area contributed by atoms with Gasteiger partial charge in [0.1, 0.15) is 0 Å². The maximum absolute atomic E-state index is 5.37. The molecule has 8 heteroatoms. The molecule has 0 saturated carbocycles. The van der Waals surface area contributed by atoms with Gasteiger partial charge in [-0.3, -0.25) is 7.05 Å². The molecule has 0 aliphatic carbocycles. The highest BCUT2D eigenvalue weighted by Crippen LogP contribution is 3.24. The van der Waals surface area contributed by atoms with Crippen molar-refractivity contribution in [2.45, 2.75) is 0 Å². The van der Waals surface area contributed by atoms with E-state index in [0.717, 1.165) is 0 Å². The van der Waals surface area contributed by atoms with Gasteiger partial charge >= 0.3 is 0 Å². The highest BCUT2D eigenvalue weighted by molar-refractivity contribution is 10.1. The average molecular weight is 255 g/mol. The van der Waals surface area contributed by atoms with Crippen LogP contribution in [0.15, 0.2) is 0 Å². The molecule has 0 atom stereocenters. The molecule has 2 fully saturated rings. The summed E-state index contributed by atoms with van der Waals surface area (Å²) in [5, 5.41) is 0. The Morgan fingerprint density at radius 1 is 1.38 bits per heavy atom. The molecule has 2 saturated heterocycles. The van der Waals surface area contributed by atoms with Crippen molar-refractivity contribution >= 4 is 71.4 Å². The van der Waals surface area contributed by atoms with Crippen molar-refractivity contribution < 1.29 is 0 Å². The maximum atomic E-state index is 5.37. The van der Waals surface area contributed by atoms with Crippen LogP contribution in [0.3, 0.4) is 0 Å². The highest BCUT2D eigenvalue weighted by Gasteiger charge is 2.71. The van der Waals surface area contributed by atoms with Crippen molar-refractivity contribution in [3.63, 3.8) is 0 Å². The SMILES string of the molecule is S=[S-](=S)S12(=S)SP1S2. The van der Waals surface area contributed by atoms with Crippen LogP contribution < -0.4 is 0 Å². The summed E-state index contributed by atoms with van der Waals surface area (Å²) in [5.41, 5.74) is 0.151. The van der Waals surface area contributed by atoms with Crippen LogP contribution >= 0.6 is 26.4 Å². The highest BCUT2D eigenvalue weighted by atomic mass is 34.6. The Morgan fingerprint density at radius 3 is 1.75 bits per heavy atom. The number of hydrogen-bond donors (Lipinski definition) is 0. The lowest BCUT2D eigenvalue weighted by Crippen LogP contribution is -1.85. The van der Waals surface area contributed by atoms with Gasteiger partial charge < -0.3 is 0 Å². The first-order valence-electron chi connectivity index (χ1n) is 1.55. The van der Waals surface area contributed by atoms with Crippen molar-refractivity contribution in [1.82, 2.24) is 0 Å². The van der Waals surface area contributed by atoms with Gasteiger partial charge in [-0.1, -0.05) is 32.0 Å². The first-order valence-corrected chi connectivity index (χ1v) is 13.9. The number of rotatable bonds is 1. The third kappa shape index (κ3) is 0.679. The van der Waals surface area contributed by atoms with E-state index in [1.807, 2.05) is 20.8 Å². The Hall–Kier alpha value is 2.49. The van der Waals surface area contributed by atoms with E-state index >= 15 is 0 Å². The lowest BCUT2D eigenvalue weighted by Gasteiger charge is -2.11. The van der Waals surface area contributed by atoms with Gasteiger partial charge in [0.2, 0.25) is 0 Å². The van der Waals surface area contributed by atoms with Crippen molar-refractivity contribution in [1.29, 1.82) is 0 Å². The van der Waals surface area contributed by atoms with Crippen molar-refractivity contribution in [3.05, 3.63) is 0 Å². The molecule has 0 radical (unpaired) electrons. The van der Waals surface area contributed by atoms with Crippen molar-refractivity contribution in [2.75, 3.05) is 0 Å². The van der Waals surface area contributed by atoms with E-state index in [1.165, 1.54) is 0 Å². The molecule has 2 rings (SSSR count). The zero-order chi connectivity index (χ0) is 6.02. The van der Waals surface area contributed by atoms with Gasteiger partial charge in [-0.25, -0.2) is 22.4 Å². The zero-order valence-corrected chi connectivity index (χ0v) is 9.91. The second kappa shape index (κ2) is 1.63. The summed E-state index contributed by atoms with van der Waals surface area (Å²) in [5.74, 6) is 0. The first-order chi connectivity index (χ1) is 3.57. The summed E-state index contributed by atoms with van der Waals surface area (Å²) in [6.07, 6.45) is 0. The fourth-order valence-electron chi connectivity index (χ4n) is 0.281. The molecule has 0 unspecified atom stereocenters. The molecule has 48 valence electrons. The van der Waals surface area contributed by atoms with Crippen LogP contribution in [-0.4, -0.2) is 0 Å². The zero-order valence-electron chi connectivity index (χ0n) is 3.30. The monoisotopic (exact) mass is 255 g/mol. The van der Waals surface area contributed by atoms with E-state index in [0.29, 0.717) is 0 Å². The Bertz CT molecular complexity index is 261. The molecule has 2 heterocycles. The average Bonchev–Trinajstić information content (AvgIpc) is 2.24. The molecule has 0 N–H and O–H groups in total. The third-order valence-electron chi connectivity index (χ3n) is 0.803. The van der Waals surface area contributed by atoms with Crippen molar-refractivity contribution in [2.24, 2.45) is 0 Å². The molecule has 0 bridgehead atoms. The van der Waals surface area contributed by atoms with Crippen LogP contribution in [-0.2, 0) is 45.0 Å². The van der Waals surface area contributed by atoms with Crippen LogP contribution in [0.25, 0.3) is 0 Å². The standard InChI is InChI=1S/PS7/c2-7(3)8(4)1(5-8)6-8/q-1. The summed E-state index contributed by atoms with van der Waals surface area (Å²) in [4.78, 5) is 0.